The van der Waals surface area contributed by atoms with E-state index in [1.807, 2.05) is 37.6 Å². The minimum atomic E-state index is -0.0257. The minimum Gasteiger partial charge on any atom is -0.341 e. The molecule has 3 rings (SSSR count). The fraction of sp³-hybridized carbons (Fsp3) is 0.500. The molecule has 0 aliphatic carbocycles. The van der Waals surface area contributed by atoms with Gasteiger partial charge < -0.3 is 9.47 Å². The summed E-state index contributed by atoms with van der Waals surface area (Å²) in [7, 11) is 2.03. The maximum Gasteiger partial charge on any atom is 0.230 e. The first-order valence-electron chi connectivity index (χ1n) is 9.21. The van der Waals surface area contributed by atoms with Crippen LogP contribution in [-0.4, -0.2) is 51.4 Å². The highest BCUT2D eigenvalue weighted by atomic mass is 16.2. The smallest absolute Gasteiger partial charge is 0.230 e. The zero-order chi connectivity index (χ0) is 17.6. The van der Waals surface area contributed by atoms with Gasteiger partial charge in [0.15, 0.2) is 0 Å². The van der Waals surface area contributed by atoms with Crippen molar-refractivity contribution in [2.45, 2.75) is 32.2 Å². The second-order valence-corrected chi connectivity index (χ2v) is 6.78. The Labute approximate surface area is 150 Å². The maximum atomic E-state index is 13.1. The predicted octanol–water partition coefficient (Wildman–Crippen LogP) is 2.65. The van der Waals surface area contributed by atoms with Gasteiger partial charge in [0.25, 0.3) is 0 Å². The molecule has 5 nitrogen and oxygen atoms in total. The van der Waals surface area contributed by atoms with Gasteiger partial charge in [-0.2, -0.15) is 0 Å². The van der Waals surface area contributed by atoms with Crippen LogP contribution < -0.4 is 0 Å². The van der Waals surface area contributed by atoms with E-state index in [0.717, 1.165) is 57.0 Å². The van der Waals surface area contributed by atoms with Crippen LogP contribution in [-0.2, 0) is 18.4 Å². The summed E-state index contributed by atoms with van der Waals surface area (Å²) in [5, 5.41) is 0. The highest BCUT2D eigenvalue weighted by Gasteiger charge is 2.26. The van der Waals surface area contributed by atoms with Gasteiger partial charge in [0.2, 0.25) is 5.91 Å². The average Bonchev–Trinajstić information content (AvgIpc) is 2.89. The van der Waals surface area contributed by atoms with Crippen molar-refractivity contribution in [2.24, 2.45) is 7.05 Å². The van der Waals surface area contributed by atoms with Crippen LogP contribution in [0.3, 0.4) is 0 Å². The molecule has 2 heterocycles. The summed E-state index contributed by atoms with van der Waals surface area (Å²) in [5.74, 6) is 1.32. The third-order valence-electron chi connectivity index (χ3n) is 5.09. The van der Waals surface area contributed by atoms with Crippen LogP contribution in [0.4, 0.5) is 0 Å². The second kappa shape index (κ2) is 8.30. The summed E-state index contributed by atoms with van der Waals surface area (Å²) in [6.45, 7) is 6.51. The molecule has 0 saturated carbocycles. The first kappa shape index (κ1) is 17.7. The first-order valence-corrected chi connectivity index (χ1v) is 9.21. The van der Waals surface area contributed by atoms with Crippen LogP contribution in [0.25, 0.3) is 0 Å². The van der Waals surface area contributed by atoms with Crippen molar-refractivity contribution < 1.29 is 4.79 Å². The molecule has 1 aromatic heterocycles. The van der Waals surface area contributed by atoms with Crippen LogP contribution in [0.15, 0.2) is 42.7 Å². The van der Waals surface area contributed by atoms with Crippen molar-refractivity contribution in [1.29, 1.82) is 0 Å². The molecule has 0 radical (unpaired) electrons. The molecule has 0 bridgehead atoms. The SMILES string of the molecule is CC[C@H](C(=O)N1CCCN(Cc2nccn2C)CC1)c1ccccc1. The maximum absolute atomic E-state index is 13.1. The summed E-state index contributed by atoms with van der Waals surface area (Å²) in [6.07, 6.45) is 5.68. The van der Waals surface area contributed by atoms with E-state index in [-0.39, 0.29) is 11.8 Å². The third kappa shape index (κ3) is 4.28. The number of benzene rings is 1. The lowest BCUT2D eigenvalue weighted by molar-refractivity contribution is -0.132. The molecule has 1 fully saturated rings. The summed E-state index contributed by atoms with van der Waals surface area (Å²) >= 11 is 0. The standard InChI is InChI=1S/C20H28N4O/c1-3-18(17-8-5-4-6-9-17)20(25)24-12-7-11-23(14-15-24)16-19-21-10-13-22(19)2/h4-6,8-10,13,18H,3,7,11-12,14-16H2,1-2H3/t18-/m0/s1. The zero-order valence-electron chi connectivity index (χ0n) is 15.3. The van der Waals surface area contributed by atoms with Crippen molar-refractivity contribution >= 4 is 5.91 Å². The monoisotopic (exact) mass is 340 g/mol. The summed E-state index contributed by atoms with van der Waals surface area (Å²) < 4.78 is 2.07. The molecule has 2 aromatic rings. The van der Waals surface area contributed by atoms with Crippen molar-refractivity contribution in [3.8, 4) is 0 Å². The van der Waals surface area contributed by atoms with Crippen molar-refractivity contribution in [3.63, 3.8) is 0 Å². The number of hydrogen-bond donors (Lipinski definition) is 0. The van der Waals surface area contributed by atoms with E-state index >= 15 is 0 Å². The Morgan fingerprint density at radius 1 is 1.16 bits per heavy atom. The van der Waals surface area contributed by atoms with Crippen molar-refractivity contribution in [1.82, 2.24) is 19.4 Å². The van der Waals surface area contributed by atoms with E-state index in [2.05, 4.69) is 38.4 Å². The molecule has 1 aliphatic rings. The highest BCUT2D eigenvalue weighted by molar-refractivity contribution is 5.83. The molecule has 1 aromatic carbocycles. The molecule has 134 valence electrons. The van der Waals surface area contributed by atoms with Gasteiger partial charge in [0, 0.05) is 45.6 Å². The van der Waals surface area contributed by atoms with Gasteiger partial charge in [0.1, 0.15) is 5.82 Å². The van der Waals surface area contributed by atoms with Gasteiger partial charge in [-0.15, -0.1) is 0 Å². The van der Waals surface area contributed by atoms with Crippen LogP contribution in [0, 0.1) is 0 Å². The zero-order valence-corrected chi connectivity index (χ0v) is 15.3. The fourth-order valence-electron chi connectivity index (χ4n) is 3.56. The third-order valence-corrected chi connectivity index (χ3v) is 5.09. The first-order chi connectivity index (χ1) is 12.2. The Morgan fingerprint density at radius 3 is 2.64 bits per heavy atom. The lowest BCUT2D eigenvalue weighted by atomic mass is 9.95. The summed E-state index contributed by atoms with van der Waals surface area (Å²) in [5.41, 5.74) is 1.13. The highest BCUT2D eigenvalue weighted by Crippen LogP contribution is 2.23. The number of rotatable bonds is 5. The number of nitrogens with zero attached hydrogens (tertiary/aromatic N) is 4. The molecule has 0 unspecified atom stereocenters. The van der Waals surface area contributed by atoms with E-state index in [0.29, 0.717) is 0 Å². The van der Waals surface area contributed by atoms with Crippen LogP contribution >= 0.6 is 0 Å². The van der Waals surface area contributed by atoms with E-state index < -0.39 is 0 Å². The van der Waals surface area contributed by atoms with Gasteiger partial charge >= 0.3 is 0 Å². The summed E-state index contributed by atoms with van der Waals surface area (Å²) in [4.78, 5) is 21.9. The number of aromatic nitrogens is 2. The van der Waals surface area contributed by atoms with E-state index in [1.54, 1.807) is 0 Å². The molecular weight excluding hydrogens is 312 g/mol. The van der Waals surface area contributed by atoms with Gasteiger partial charge in [-0.25, -0.2) is 4.98 Å². The number of aryl methyl sites for hydroxylation is 1. The number of imidazole rings is 1. The Balaban J connectivity index is 1.62. The fourth-order valence-corrected chi connectivity index (χ4v) is 3.56. The largest absolute Gasteiger partial charge is 0.341 e. The molecule has 1 atom stereocenters. The number of carbonyl (C=O) groups is 1. The Hall–Kier alpha value is -2.14. The molecule has 1 saturated heterocycles. The normalized spacial score (nSPS) is 17.3. The average molecular weight is 340 g/mol. The van der Waals surface area contributed by atoms with Crippen LogP contribution in [0.1, 0.15) is 37.1 Å². The van der Waals surface area contributed by atoms with Crippen LogP contribution in [0.5, 0.6) is 0 Å². The molecule has 1 aliphatic heterocycles. The minimum absolute atomic E-state index is 0.0257. The topological polar surface area (TPSA) is 41.4 Å². The number of hydrogen-bond acceptors (Lipinski definition) is 3. The molecule has 5 heteroatoms. The van der Waals surface area contributed by atoms with Gasteiger partial charge in [-0.3, -0.25) is 9.69 Å². The van der Waals surface area contributed by atoms with E-state index in [1.165, 1.54) is 0 Å². The van der Waals surface area contributed by atoms with Crippen molar-refractivity contribution in [2.75, 3.05) is 26.2 Å². The van der Waals surface area contributed by atoms with E-state index in [9.17, 15) is 4.79 Å². The predicted molar refractivity (Wildman–Crippen MR) is 99.2 cm³/mol. The van der Waals surface area contributed by atoms with E-state index in [4.69, 9.17) is 0 Å². The number of amides is 1. The van der Waals surface area contributed by atoms with Gasteiger partial charge in [-0.05, 0) is 18.4 Å². The van der Waals surface area contributed by atoms with Crippen LogP contribution in [0.2, 0.25) is 0 Å². The molecular formula is C20H28N4O. The Bertz CT molecular complexity index is 682. The lowest BCUT2D eigenvalue weighted by Crippen LogP contribution is -2.38. The van der Waals surface area contributed by atoms with Gasteiger partial charge in [-0.1, -0.05) is 37.3 Å². The molecule has 0 N–H and O–H groups in total. The number of carbonyl (C=O) groups excluding carboxylic acids is 1. The Kier molecular flexibility index (Phi) is 5.87. The summed E-state index contributed by atoms with van der Waals surface area (Å²) in [6, 6.07) is 10.2. The van der Waals surface area contributed by atoms with Gasteiger partial charge in [0.05, 0.1) is 12.5 Å². The molecule has 25 heavy (non-hydrogen) atoms. The second-order valence-electron chi connectivity index (χ2n) is 6.78. The molecule has 0 spiro atoms. The Morgan fingerprint density at radius 2 is 1.96 bits per heavy atom. The molecule has 1 amide bonds. The lowest BCUT2D eigenvalue weighted by Gasteiger charge is -2.26. The van der Waals surface area contributed by atoms with Crippen molar-refractivity contribution in [3.05, 3.63) is 54.1 Å². The quantitative estimate of drug-likeness (QED) is 0.840.